The Morgan fingerprint density at radius 3 is 2.32 bits per heavy atom. The minimum Gasteiger partial charge on any atom is -0.493 e. The maximum absolute atomic E-state index is 5.74. The summed E-state index contributed by atoms with van der Waals surface area (Å²) in [5.41, 5.74) is 1.17. The lowest BCUT2D eigenvalue weighted by Gasteiger charge is -2.22. The van der Waals surface area contributed by atoms with Crippen LogP contribution in [0.15, 0.2) is 29.3 Å². The van der Waals surface area contributed by atoms with Crippen molar-refractivity contribution in [2.45, 2.75) is 13.3 Å². The summed E-state index contributed by atoms with van der Waals surface area (Å²) in [6.07, 6.45) is 0.916. The van der Waals surface area contributed by atoms with E-state index < -0.39 is 0 Å². The van der Waals surface area contributed by atoms with Gasteiger partial charge in [0.1, 0.15) is 5.75 Å². The summed E-state index contributed by atoms with van der Waals surface area (Å²) in [6.45, 7) is 3.53. The number of guanidine groups is 1. The van der Waals surface area contributed by atoms with E-state index in [9.17, 15) is 0 Å². The van der Waals surface area contributed by atoms with Gasteiger partial charge in [0.15, 0.2) is 5.96 Å². The average Bonchev–Trinajstić information content (AvgIpc) is 2.34. The molecule has 0 unspecified atom stereocenters. The fourth-order valence-electron chi connectivity index (χ4n) is 1.83. The average molecular weight is 263 g/mol. The fraction of sp³-hybridized carbons (Fsp3) is 0.533. The van der Waals surface area contributed by atoms with Crippen LogP contribution in [0.1, 0.15) is 12.0 Å². The monoisotopic (exact) mass is 263 g/mol. The first-order chi connectivity index (χ1) is 9.02. The second-order valence-electron chi connectivity index (χ2n) is 4.94. The molecule has 0 spiro atoms. The number of nitrogens with zero attached hydrogens (tertiary/aromatic N) is 3. The highest BCUT2D eigenvalue weighted by Gasteiger charge is 2.03. The number of hydrogen-bond donors (Lipinski definition) is 0. The topological polar surface area (TPSA) is 28.1 Å². The van der Waals surface area contributed by atoms with Crippen molar-refractivity contribution in [2.24, 2.45) is 4.99 Å². The van der Waals surface area contributed by atoms with Crippen LogP contribution in [0, 0.1) is 6.92 Å². The Balaban J connectivity index is 2.35. The third-order valence-corrected chi connectivity index (χ3v) is 2.71. The van der Waals surface area contributed by atoms with E-state index in [0.29, 0.717) is 6.61 Å². The highest BCUT2D eigenvalue weighted by molar-refractivity contribution is 5.79. The maximum atomic E-state index is 5.74. The summed E-state index contributed by atoms with van der Waals surface area (Å²) in [7, 11) is 8.01. The maximum Gasteiger partial charge on any atom is 0.195 e. The molecule has 0 amide bonds. The Morgan fingerprint density at radius 2 is 1.74 bits per heavy atom. The Morgan fingerprint density at radius 1 is 1.11 bits per heavy atom. The van der Waals surface area contributed by atoms with Crippen LogP contribution in [0.3, 0.4) is 0 Å². The van der Waals surface area contributed by atoms with Crippen LogP contribution in [0.4, 0.5) is 0 Å². The fourth-order valence-corrected chi connectivity index (χ4v) is 1.83. The molecule has 0 aliphatic carbocycles. The summed E-state index contributed by atoms with van der Waals surface area (Å²) < 4.78 is 5.74. The first-order valence-electron chi connectivity index (χ1n) is 6.60. The van der Waals surface area contributed by atoms with Crippen LogP contribution in [0.25, 0.3) is 0 Å². The second kappa shape index (κ2) is 7.67. The Labute approximate surface area is 116 Å². The van der Waals surface area contributed by atoms with Crippen molar-refractivity contribution in [3.8, 4) is 5.75 Å². The van der Waals surface area contributed by atoms with Crippen molar-refractivity contribution in [1.29, 1.82) is 0 Å². The summed E-state index contributed by atoms with van der Waals surface area (Å²) in [4.78, 5) is 8.60. The Bertz CT molecular complexity index is 404. The smallest absolute Gasteiger partial charge is 0.195 e. The molecule has 19 heavy (non-hydrogen) atoms. The molecule has 4 heteroatoms. The van der Waals surface area contributed by atoms with Gasteiger partial charge < -0.3 is 14.5 Å². The van der Waals surface area contributed by atoms with E-state index in [4.69, 9.17) is 4.74 Å². The molecule has 1 aromatic carbocycles. The molecule has 0 N–H and O–H groups in total. The number of rotatable bonds is 5. The minimum absolute atomic E-state index is 0.697. The lowest BCUT2D eigenvalue weighted by Crippen LogP contribution is -2.35. The number of ether oxygens (including phenoxy) is 1. The molecule has 0 radical (unpaired) electrons. The molecule has 0 fully saturated rings. The molecule has 4 nitrogen and oxygen atoms in total. The summed E-state index contributed by atoms with van der Waals surface area (Å²) in [5.74, 6) is 1.95. The summed E-state index contributed by atoms with van der Waals surface area (Å²) in [6, 6.07) is 8.08. The first kappa shape index (κ1) is 15.3. The zero-order valence-electron chi connectivity index (χ0n) is 12.7. The van der Waals surface area contributed by atoms with Gasteiger partial charge in [0.2, 0.25) is 0 Å². The Hall–Kier alpha value is -1.71. The van der Waals surface area contributed by atoms with Crippen LogP contribution in [0.2, 0.25) is 0 Å². The number of hydrogen-bond acceptors (Lipinski definition) is 2. The highest BCUT2D eigenvalue weighted by atomic mass is 16.5. The van der Waals surface area contributed by atoms with E-state index >= 15 is 0 Å². The molecule has 0 saturated heterocycles. The largest absolute Gasteiger partial charge is 0.493 e. The van der Waals surface area contributed by atoms with E-state index in [2.05, 4.69) is 18.0 Å². The van der Waals surface area contributed by atoms with Gasteiger partial charge in [-0.3, -0.25) is 4.99 Å². The number of benzene rings is 1. The Kier molecular flexibility index (Phi) is 6.19. The number of aryl methyl sites for hydroxylation is 1. The van der Waals surface area contributed by atoms with Gasteiger partial charge in [-0.2, -0.15) is 0 Å². The molecule has 1 aromatic rings. The molecule has 0 saturated carbocycles. The second-order valence-corrected chi connectivity index (χ2v) is 4.94. The molecular formula is C15H25N3O. The third-order valence-electron chi connectivity index (χ3n) is 2.71. The molecule has 0 bridgehead atoms. The van der Waals surface area contributed by atoms with E-state index in [1.165, 1.54) is 5.56 Å². The van der Waals surface area contributed by atoms with Gasteiger partial charge in [-0.15, -0.1) is 0 Å². The standard InChI is InChI=1S/C15H25N3O/c1-13-9-6-7-10-14(13)19-12-8-11-16-15(17(2)3)18(4)5/h6-7,9-10H,8,11-12H2,1-5H3. The molecule has 0 atom stereocenters. The molecule has 106 valence electrons. The van der Waals surface area contributed by atoms with Crippen molar-refractivity contribution in [3.05, 3.63) is 29.8 Å². The van der Waals surface area contributed by atoms with E-state index in [1.807, 2.05) is 56.2 Å². The lowest BCUT2D eigenvalue weighted by molar-refractivity contribution is 0.311. The van der Waals surface area contributed by atoms with Crippen LogP contribution >= 0.6 is 0 Å². The third kappa shape index (κ3) is 5.20. The van der Waals surface area contributed by atoms with Gasteiger partial charge in [0.25, 0.3) is 0 Å². The predicted octanol–water partition coefficient (Wildman–Crippen LogP) is 2.24. The minimum atomic E-state index is 0.697. The molecule has 1 rings (SSSR count). The van der Waals surface area contributed by atoms with Crippen LogP contribution < -0.4 is 4.74 Å². The van der Waals surface area contributed by atoms with Crippen molar-refractivity contribution >= 4 is 5.96 Å². The normalized spacial score (nSPS) is 9.95. The van der Waals surface area contributed by atoms with Crippen LogP contribution in [-0.2, 0) is 0 Å². The first-order valence-corrected chi connectivity index (χ1v) is 6.60. The zero-order valence-corrected chi connectivity index (χ0v) is 12.7. The van der Waals surface area contributed by atoms with Crippen molar-refractivity contribution in [3.63, 3.8) is 0 Å². The van der Waals surface area contributed by atoms with E-state index in [-0.39, 0.29) is 0 Å². The predicted molar refractivity (Wildman–Crippen MR) is 81.0 cm³/mol. The van der Waals surface area contributed by atoms with Gasteiger partial charge in [0, 0.05) is 41.2 Å². The van der Waals surface area contributed by atoms with Gasteiger partial charge in [-0.25, -0.2) is 0 Å². The van der Waals surface area contributed by atoms with Gasteiger partial charge >= 0.3 is 0 Å². The molecule has 0 aliphatic rings. The van der Waals surface area contributed by atoms with E-state index in [1.54, 1.807) is 0 Å². The molecule has 0 heterocycles. The summed E-state index contributed by atoms with van der Waals surface area (Å²) in [5, 5.41) is 0. The lowest BCUT2D eigenvalue weighted by atomic mass is 10.2. The van der Waals surface area contributed by atoms with Crippen molar-refractivity contribution in [2.75, 3.05) is 41.3 Å². The number of aliphatic imine (C=N–C) groups is 1. The SMILES string of the molecule is Cc1ccccc1OCCCN=C(N(C)C)N(C)C. The van der Waals surface area contributed by atoms with Crippen LogP contribution in [0.5, 0.6) is 5.75 Å². The van der Waals surface area contributed by atoms with E-state index in [0.717, 1.165) is 24.7 Å². The highest BCUT2D eigenvalue weighted by Crippen LogP contribution is 2.16. The molecule has 0 aromatic heterocycles. The molecular weight excluding hydrogens is 238 g/mol. The molecule has 0 aliphatic heterocycles. The van der Waals surface area contributed by atoms with Crippen molar-refractivity contribution in [1.82, 2.24) is 9.80 Å². The summed E-state index contributed by atoms with van der Waals surface area (Å²) >= 11 is 0. The van der Waals surface area contributed by atoms with Gasteiger partial charge in [0.05, 0.1) is 6.61 Å². The van der Waals surface area contributed by atoms with Crippen LogP contribution in [-0.4, -0.2) is 57.1 Å². The zero-order chi connectivity index (χ0) is 14.3. The quantitative estimate of drug-likeness (QED) is 0.463. The van der Waals surface area contributed by atoms with Gasteiger partial charge in [-0.05, 0) is 18.6 Å². The van der Waals surface area contributed by atoms with Crippen molar-refractivity contribution < 1.29 is 4.74 Å². The number of para-hydroxylation sites is 1. The van der Waals surface area contributed by atoms with Gasteiger partial charge in [-0.1, -0.05) is 18.2 Å².